The van der Waals surface area contributed by atoms with Gasteiger partial charge >= 0.3 is 8.56 Å². The Morgan fingerprint density at radius 1 is 0.808 bits per heavy atom. The third kappa shape index (κ3) is 11.6. The van der Waals surface area contributed by atoms with Crippen LogP contribution in [0.4, 0.5) is 0 Å². The predicted octanol–water partition coefficient (Wildman–Crippen LogP) is 7.81. The van der Waals surface area contributed by atoms with Crippen LogP contribution in [0.2, 0.25) is 6.55 Å². The molecule has 0 fully saturated rings. The summed E-state index contributed by atoms with van der Waals surface area (Å²) in [6, 6.07) is 0. The molecule has 4 atom stereocenters. The van der Waals surface area contributed by atoms with Crippen LogP contribution in [-0.2, 0) is 8.85 Å². The van der Waals surface area contributed by atoms with Gasteiger partial charge in [0.2, 0.25) is 0 Å². The first kappa shape index (κ1) is 25.9. The summed E-state index contributed by atoms with van der Waals surface area (Å²) in [6.07, 6.45) is 13.1. The standard InChI is InChI=1S/C23H48O2Si/c1-9-14-16-22(11-3)18-20(6)24-26(8,13-5)25-21(7)19-23(12-4)17-15-10-2/h13,20-23H,5,9-12,14-19H2,1-4,6-8H3. The Hall–Kier alpha value is -0.123. The summed E-state index contributed by atoms with van der Waals surface area (Å²) in [7, 11) is -2.31. The van der Waals surface area contributed by atoms with Gasteiger partial charge in [0.25, 0.3) is 0 Å². The lowest BCUT2D eigenvalue weighted by molar-refractivity contribution is 0.0783. The monoisotopic (exact) mass is 384 g/mol. The van der Waals surface area contributed by atoms with E-state index in [2.05, 4.69) is 54.7 Å². The van der Waals surface area contributed by atoms with Crippen molar-refractivity contribution in [3.8, 4) is 0 Å². The van der Waals surface area contributed by atoms with Gasteiger partial charge in [-0.15, -0.1) is 6.58 Å². The average Bonchev–Trinajstić information content (AvgIpc) is 2.61. The van der Waals surface area contributed by atoms with Gasteiger partial charge in [-0.05, 0) is 50.8 Å². The summed E-state index contributed by atoms with van der Waals surface area (Å²) < 4.78 is 12.9. The zero-order valence-corrected chi connectivity index (χ0v) is 20.0. The molecule has 0 spiro atoms. The maximum absolute atomic E-state index is 6.47. The van der Waals surface area contributed by atoms with Crippen LogP contribution in [0.5, 0.6) is 0 Å². The molecule has 0 radical (unpaired) electrons. The van der Waals surface area contributed by atoms with Gasteiger partial charge in [0.1, 0.15) is 0 Å². The number of rotatable bonds is 17. The molecule has 156 valence electrons. The lowest BCUT2D eigenvalue weighted by atomic mass is 9.94. The van der Waals surface area contributed by atoms with Crippen molar-refractivity contribution in [1.29, 1.82) is 0 Å². The second-order valence-electron chi connectivity index (χ2n) is 8.38. The molecule has 0 aromatic heterocycles. The molecule has 4 unspecified atom stereocenters. The highest BCUT2D eigenvalue weighted by Crippen LogP contribution is 2.26. The lowest BCUT2D eigenvalue weighted by Crippen LogP contribution is -2.43. The van der Waals surface area contributed by atoms with E-state index in [1.165, 1.54) is 51.4 Å². The molecule has 0 heterocycles. The number of unbranched alkanes of at least 4 members (excludes halogenated alkanes) is 2. The summed E-state index contributed by atoms with van der Waals surface area (Å²) in [5, 5.41) is 0. The highest BCUT2D eigenvalue weighted by Gasteiger charge is 2.33. The second-order valence-corrected chi connectivity index (χ2v) is 11.3. The van der Waals surface area contributed by atoms with Crippen LogP contribution in [0.25, 0.3) is 0 Å². The number of hydrogen-bond donors (Lipinski definition) is 0. The van der Waals surface area contributed by atoms with Crippen molar-refractivity contribution in [1.82, 2.24) is 0 Å². The first-order chi connectivity index (χ1) is 12.3. The Bertz CT molecular complexity index is 319. The third-order valence-electron chi connectivity index (χ3n) is 5.66. The Labute approximate surface area is 166 Å². The summed E-state index contributed by atoms with van der Waals surface area (Å²) >= 11 is 0. The number of hydrogen-bond acceptors (Lipinski definition) is 2. The fraction of sp³-hybridized carbons (Fsp3) is 0.913. The average molecular weight is 385 g/mol. The Balaban J connectivity index is 4.57. The molecule has 0 rings (SSSR count). The van der Waals surface area contributed by atoms with Crippen molar-refractivity contribution < 1.29 is 8.85 Å². The van der Waals surface area contributed by atoms with Crippen LogP contribution in [0.3, 0.4) is 0 Å². The van der Waals surface area contributed by atoms with Crippen LogP contribution in [0, 0.1) is 11.8 Å². The van der Waals surface area contributed by atoms with Crippen LogP contribution in [0.15, 0.2) is 12.3 Å². The Morgan fingerprint density at radius 3 is 1.46 bits per heavy atom. The van der Waals surface area contributed by atoms with Gasteiger partial charge < -0.3 is 8.85 Å². The van der Waals surface area contributed by atoms with E-state index in [4.69, 9.17) is 8.85 Å². The van der Waals surface area contributed by atoms with Gasteiger partial charge in [-0.1, -0.05) is 79.1 Å². The molecule has 3 heteroatoms. The van der Waals surface area contributed by atoms with E-state index in [1.807, 2.05) is 5.70 Å². The van der Waals surface area contributed by atoms with Gasteiger partial charge in [0.05, 0.1) is 0 Å². The fourth-order valence-corrected chi connectivity index (χ4v) is 5.96. The maximum atomic E-state index is 6.47. The zero-order chi connectivity index (χ0) is 20.0. The largest absolute Gasteiger partial charge is 0.389 e. The molecule has 0 aliphatic carbocycles. The summed E-state index contributed by atoms with van der Waals surface area (Å²) in [6.45, 7) is 19.8. The van der Waals surface area contributed by atoms with Crippen LogP contribution in [0.1, 0.15) is 106 Å². The predicted molar refractivity (Wildman–Crippen MR) is 119 cm³/mol. The molecule has 0 bridgehead atoms. The molecule has 0 aliphatic rings. The molecule has 26 heavy (non-hydrogen) atoms. The van der Waals surface area contributed by atoms with Gasteiger partial charge in [0, 0.05) is 12.2 Å². The van der Waals surface area contributed by atoms with Crippen molar-refractivity contribution >= 4 is 8.56 Å². The summed E-state index contributed by atoms with van der Waals surface area (Å²) in [5.41, 5.74) is 1.97. The van der Waals surface area contributed by atoms with E-state index in [-0.39, 0.29) is 12.2 Å². The van der Waals surface area contributed by atoms with Crippen LogP contribution < -0.4 is 0 Å². The third-order valence-corrected chi connectivity index (χ3v) is 8.14. The molecule has 0 aliphatic heterocycles. The van der Waals surface area contributed by atoms with Crippen molar-refractivity contribution in [3.63, 3.8) is 0 Å². The quantitative estimate of drug-likeness (QED) is 0.238. The van der Waals surface area contributed by atoms with E-state index in [9.17, 15) is 0 Å². The molecule has 0 aromatic carbocycles. The molecule has 0 amide bonds. The fourth-order valence-electron chi connectivity index (χ4n) is 3.92. The summed E-state index contributed by atoms with van der Waals surface area (Å²) in [4.78, 5) is 0. The first-order valence-corrected chi connectivity index (χ1v) is 13.7. The topological polar surface area (TPSA) is 18.5 Å². The van der Waals surface area contributed by atoms with Crippen LogP contribution in [-0.4, -0.2) is 20.8 Å². The minimum absolute atomic E-state index is 0.251. The molecular weight excluding hydrogens is 336 g/mol. The van der Waals surface area contributed by atoms with Crippen molar-refractivity contribution in [2.24, 2.45) is 11.8 Å². The minimum Gasteiger partial charge on any atom is -0.389 e. The minimum atomic E-state index is -2.31. The van der Waals surface area contributed by atoms with Gasteiger partial charge in [0.15, 0.2) is 0 Å². The van der Waals surface area contributed by atoms with Crippen molar-refractivity contribution in [2.45, 2.75) is 125 Å². The lowest BCUT2D eigenvalue weighted by Gasteiger charge is -2.33. The molecule has 0 saturated heterocycles. The first-order valence-electron chi connectivity index (χ1n) is 11.3. The van der Waals surface area contributed by atoms with E-state index in [1.54, 1.807) is 0 Å². The van der Waals surface area contributed by atoms with E-state index < -0.39 is 8.56 Å². The Morgan fingerprint density at radius 2 is 1.19 bits per heavy atom. The molecule has 2 nitrogen and oxygen atoms in total. The van der Waals surface area contributed by atoms with Gasteiger partial charge in [-0.25, -0.2) is 0 Å². The molecular formula is C23H48O2Si. The SMILES string of the molecule is C=C[Si](C)(OC(C)CC(CC)CCCC)OC(C)CC(CC)CCCC. The van der Waals surface area contributed by atoms with Crippen molar-refractivity contribution in [3.05, 3.63) is 12.3 Å². The smallest absolute Gasteiger partial charge is 0.361 e. The molecule has 0 aromatic rings. The molecule has 0 saturated carbocycles. The highest BCUT2D eigenvalue weighted by atomic mass is 28.4. The van der Waals surface area contributed by atoms with Gasteiger partial charge in [-0.2, -0.15) is 0 Å². The van der Waals surface area contributed by atoms with Gasteiger partial charge in [-0.3, -0.25) is 0 Å². The zero-order valence-electron chi connectivity index (χ0n) is 19.0. The maximum Gasteiger partial charge on any atom is 0.361 e. The van der Waals surface area contributed by atoms with E-state index in [0.29, 0.717) is 0 Å². The summed E-state index contributed by atoms with van der Waals surface area (Å²) in [5.74, 6) is 1.54. The second kappa shape index (κ2) is 14.9. The highest BCUT2D eigenvalue weighted by molar-refractivity contribution is 6.71. The van der Waals surface area contributed by atoms with Crippen molar-refractivity contribution in [2.75, 3.05) is 0 Å². The van der Waals surface area contributed by atoms with E-state index >= 15 is 0 Å². The van der Waals surface area contributed by atoms with E-state index in [0.717, 1.165) is 24.7 Å². The normalized spacial score (nSPS) is 18.7. The Kier molecular flexibility index (Phi) is 14.8. The molecule has 0 N–H and O–H groups in total. The van der Waals surface area contributed by atoms with Crippen LogP contribution >= 0.6 is 0 Å².